The van der Waals surface area contributed by atoms with E-state index in [2.05, 4.69) is 4.98 Å². The molecule has 0 aliphatic heterocycles. The molecular formula is C12H11NO2S2. The van der Waals surface area contributed by atoms with Crippen molar-refractivity contribution in [1.82, 2.24) is 4.98 Å². The molecule has 1 aromatic heterocycles. The highest BCUT2D eigenvalue weighted by Gasteiger charge is 2.09. The molecular weight excluding hydrogens is 254 g/mol. The number of hydrogen-bond donors (Lipinski definition) is 1. The Morgan fingerprint density at radius 3 is 2.88 bits per heavy atom. The molecule has 0 unspecified atom stereocenters. The number of hydrogen-bond acceptors (Lipinski definition) is 4. The van der Waals surface area contributed by atoms with Gasteiger partial charge in [-0.3, -0.25) is 0 Å². The fraction of sp³-hybridized carbons (Fsp3) is 0.167. The van der Waals surface area contributed by atoms with Crippen molar-refractivity contribution in [2.24, 2.45) is 0 Å². The summed E-state index contributed by atoms with van der Waals surface area (Å²) in [4.78, 5) is 16.1. The summed E-state index contributed by atoms with van der Waals surface area (Å²) >= 11 is 3.11. The van der Waals surface area contributed by atoms with Crippen molar-refractivity contribution < 1.29 is 9.90 Å². The summed E-state index contributed by atoms with van der Waals surface area (Å²) < 4.78 is 0. The number of nitrogens with zero attached hydrogens (tertiary/aromatic N) is 1. The Kier molecular flexibility index (Phi) is 3.81. The molecule has 5 heteroatoms. The molecule has 0 atom stereocenters. The van der Waals surface area contributed by atoms with E-state index in [4.69, 9.17) is 5.11 Å². The summed E-state index contributed by atoms with van der Waals surface area (Å²) in [5.41, 5.74) is 1.35. The molecule has 1 N–H and O–H groups in total. The van der Waals surface area contributed by atoms with Crippen LogP contribution in [0.5, 0.6) is 0 Å². The van der Waals surface area contributed by atoms with Gasteiger partial charge in [-0.2, -0.15) is 0 Å². The molecule has 17 heavy (non-hydrogen) atoms. The summed E-state index contributed by atoms with van der Waals surface area (Å²) in [5, 5.41) is 12.1. The first-order chi connectivity index (χ1) is 8.16. The van der Waals surface area contributed by atoms with Gasteiger partial charge in [-0.05, 0) is 19.1 Å². The van der Waals surface area contributed by atoms with Gasteiger partial charge in [0.25, 0.3) is 0 Å². The minimum absolute atomic E-state index is 0.351. The SMILES string of the molecule is Cc1nc(CSc2ccccc2C(=O)O)cs1. The molecule has 2 aromatic rings. The van der Waals surface area contributed by atoms with Gasteiger partial charge in [-0.1, -0.05) is 12.1 Å². The van der Waals surface area contributed by atoms with Crippen LogP contribution in [0.4, 0.5) is 0 Å². The molecule has 0 fully saturated rings. The zero-order chi connectivity index (χ0) is 12.3. The molecule has 0 spiro atoms. The van der Waals surface area contributed by atoms with Crippen LogP contribution in [0.25, 0.3) is 0 Å². The van der Waals surface area contributed by atoms with Crippen LogP contribution in [-0.4, -0.2) is 16.1 Å². The second-order valence-electron chi connectivity index (χ2n) is 3.45. The third-order valence-corrected chi connectivity index (χ3v) is 4.09. The Hall–Kier alpha value is -1.33. The number of thioether (sulfide) groups is 1. The molecule has 1 heterocycles. The van der Waals surface area contributed by atoms with Crippen molar-refractivity contribution in [3.8, 4) is 0 Å². The average molecular weight is 265 g/mol. The van der Waals surface area contributed by atoms with Gasteiger partial charge in [0.1, 0.15) is 0 Å². The zero-order valence-electron chi connectivity index (χ0n) is 9.21. The van der Waals surface area contributed by atoms with E-state index in [1.807, 2.05) is 24.4 Å². The predicted octanol–water partition coefficient (Wildman–Crippen LogP) is 3.44. The van der Waals surface area contributed by atoms with Crippen molar-refractivity contribution >= 4 is 29.1 Å². The highest BCUT2D eigenvalue weighted by Crippen LogP contribution is 2.26. The van der Waals surface area contributed by atoms with Gasteiger partial charge in [0.05, 0.1) is 16.3 Å². The van der Waals surface area contributed by atoms with Gasteiger partial charge in [-0.25, -0.2) is 9.78 Å². The summed E-state index contributed by atoms with van der Waals surface area (Å²) in [6, 6.07) is 7.03. The Morgan fingerprint density at radius 2 is 2.24 bits per heavy atom. The normalized spacial score (nSPS) is 10.4. The van der Waals surface area contributed by atoms with E-state index >= 15 is 0 Å². The molecule has 1 aromatic carbocycles. The molecule has 3 nitrogen and oxygen atoms in total. The Balaban J connectivity index is 2.11. The number of aromatic carboxylic acids is 1. The van der Waals surface area contributed by atoms with E-state index in [0.29, 0.717) is 11.3 Å². The zero-order valence-corrected chi connectivity index (χ0v) is 10.8. The predicted molar refractivity (Wildman–Crippen MR) is 69.8 cm³/mol. The van der Waals surface area contributed by atoms with Crippen molar-refractivity contribution in [2.45, 2.75) is 17.6 Å². The summed E-state index contributed by atoms with van der Waals surface area (Å²) in [7, 11) is 0. The number of aryl methyl sites for hydroxylation is 1. The van der Waals surface area contributed by atoms with Crippen molar-refractivity contribution in [2.75, 3.05) is 0 Å². The molecule has 88 valence electrons. The van der Waals surface area contributed by atoms with Crippen LogP contribution in [0.3, 0.4) is 0 Å². The van der Waals surface area contributed by atoms with Crippen LogP contribution in [0.15, 0.2) is 34.5 Å². The van der Waals surface area contributed by atoms with E-state index in [1.165, 1.54) is 11.8 Å². The quantitative estimate of drug-likeness (QED) is 0.860. The lowest BCUT2D eigenvalue weighted by Gasteiger charge is -2.03. The number of carboxylic acid groups (broad SMARTS) is 1. The molecule has 0 bridgehead atoms. The summed E-state index contributed by atoms with van der Waals surface area (Å²) in [6.45, 7) is 1.96. The van der Waals surface area contributed by atoms with Gasteiger partial charge in [0.15, 0.2) is 0 Å². The second-order valence-corrected chi connectivity index (χ2v) is 5.53. The van der Waals surface area contributed by atoms with Gasteiger partial charge in [-0.15, -0.1) is 23.1 Å². The lowest BCUT2D eigenvalue weighted by Crippen LogP contribution is -1.98. The second kappa shape index (κ2) is 5.33. The van der Waals surface area contributed by atoms with Gasteiger partial charge in [0.2, 0.25) is 0 Å². The van der Waals surface area contributed by atoms with E-state index in [1.54, 1.807) is 23.5 Å². The lowest BCUT2D eigenvalue weighted by molar-refractivity contribution is 0.0693. The van der Waals surface area contributed by atoms with Crippen LogP contribution >= 0.6 is 23.1 Å². The van der Waals surface area contributed by atoms with Crippen LogP contribution < -0.4 is 0 Å². The van der Waals surface area contributed by atoms with E-state index < -0.39 is 5.97 Å². The van der Waals surface area contributed by atoms with Crippen molar-refractivity contribution in [3.05, 3.63) is 45.9 Å². The third kappa shape index (κ3) is 3.08. The van der Waals surface area contributed by atoms with E-state index in [0.717, 1.165) is 15.6 Å². The highest BCUT2D eigenvalue weighted by molar-refractivity contribution is 7.98. The fourth-order valence-corrected chi connectivity index (χ4v) is 3.05. The smallest absolute Gasteiger partial charge is 0.336 e. The van der Waals surface area contributed by atoms with Gasteiger partial charge >= 0.3 is 5.97 Å². The fourth-order valence-electron chi connectivity index (χ4n) is 1.40. The Labute approximate surface area is 108 Å². The average Bonchev–Trinajstić information content (AvgIpc) is 2.73. The maximum atomic E-state index is 11.0. The first kappa shape index (κ1) is 12.1. The monoisotopic (exact) mass is 265 g/mol. The standard InChI is InChI=1S/C12H11NO2S2/c1-8-13-9(6-16-8)7-17-11-5-3-2-4-10(11)12(14)15/h2-6H,7H2,1H3,(H,14,15). The van der Waals surface area contributed by atoms with Crippen LogP contribution in [0.2, 0.25) is 0 Å². The number of benzene rings is 1. The van der Waals surface area contributed by atoms with Crippen LogP contribution in [0.1, 0.15) is 21.1 Å². The van der Waals surface area contributed by atoms with E-state index in [-0.39, 0.29) is 0 Å². The molecule has 2 rings (SSSR count). The van der Waals surface area contributed by atoms with Gasteiger partial charge < -0.3 is 5.11 Å². The molecule has 0 aliphatic rings. The maximum Gasteiger partial charge on any atom is 0.336 e. The minimum Gasteiger partial charge on any atom is -0.478 e. The highest BCUT2D eigenvalue weighted by atomic mass is 32.2. The number of carbonyl (C=O) groups is 1. The number of aromatic nitrogens is 1. The van der Waals surface area contributed by atoms with E-state index in [9.17, 15) is 4.79 Å². The van der Waals surface area contributed by atoms with Crippen molar-refractivity contribution in [3.63, 3.8) is 0 Å². The number of rotatable bonds is 4. The minimum atomic E-state index is -0.887. The largest absolute Gasteiger partial charge is 0.478 e. The Bertz CT molecular complexity index is 537. The number of thiazole rings is 1. The lowest BCUT2D eigenvalue weighted by atomic mass is 10.2. The summed E-state index contributed by atoms with van der Waals surface area (Å²) in [6.07, 6.45) is 0. The molecule has 0 aliphatic carbocycles. The molecule has 0 saturated heterocycles. The number of carboxylic acids is 1. The first-order valence-electron chi connectivity index (χ1n) is 5.03. The van der Waals surface area contributed by atoms with Crippen molar-refractivity contribution in [1.29, 1.82) is 0 Å². The molecule has 0 radical (unpaired) electrons. The van der Waals surface area contributed by atoms with Gasteiger partial charge in [0, 0.05) is 16.0 Å². The Morgan fingerprint density at radius 1 is 1.47 bits per heavy atom. The third-order valence-electron chi connectivity index (χ3n) is 2.16. The van der Waals surface area contributed by atoms with Crippen LogP contribution in [0, 0.1) is 6.92 Å². The topological polar surface area (TPSA) is 50.2 Å². The maximum absolute atomic E-state index is 11.0. The molecule has 0 amide bonds. The molecule has 0 saturated carbocycles. The van der Waals surface area contributed by atoms with Crippen LogP contribution in [-0.2, 0) is 5.75 Å². The first-order valence-corrected chi connectivity index (χ1v) is 6.89. The summed E-state index contributed by atoms with van der Waals surface area (Å²) in [5.74, 6) is -0.184.